The molecule has 0 aromatic heterocycles. The molecule has 0 aliphatic carbocycles. The summed E-state index contributed by atoms with van der Waals surface area (Å²) in [5.74, 6) is 4.05. The molecule has 3 aromatic carbocycles. The number of hydrogen-bond donors (Lipinski definition) is 0. The van der Waals surface area contributed by atoms with Crippen LogP contribution in [0.4, 0.5) is 4.39 Å². The number of carbonyl (C=O) groups is 2. The van der Waals surface area contributed by atoms with Crippen LogP contribution < -0.4 is 9.47 Å². The van der Waals surface area contributed by atoms with Gasteiger partial charge in [0.05, 0.1) is 18.3 Å². The molecule has 5 nitrogen and oxygen atoms in total. The molecule has 0 radical (unpaired) electrons. The van der Waals surface area contributed by atoms with E-state index in [-0.39, 0.29) is 17.8 Å². The third kappa shape index (κ3) is 15.8. The van der Waals surface area contributed by atoms with Gasteiger partial charge in [0.15, 0.2) is 11.6 Å². The Bertz CT molecular complexity index is 1450. The average Bonchev–Trinajstić information content (AvgIpc) is 3.11. The first-order chi connectivity index (χ1) is 23.9. The van der Waals surface area contributed by atoms with Crippen molar-refractivity contribution in [3.05, 3.63) is 83.7 Å². The average molecular weight is 671 g/mol. The molecule has 49 heavy (non-hydrogen) atoms. The predicted molar refractivity (Wildman–Crippen MR) is 196 cm³/mol. The van der Waals surface area contributed by atoms with E-state index >= 15 is 0 Å². The molecule has 0 saturated carbocycles. The van der Waals surface area contributed by atoms with Gasteiger partial charge in [0.25, 0.3) is 0 Å². The summed E-state index contributed by atoms with van der Waals surface area (Å²) in [6, 6.07) is 18.7. The number of hydrogen-bond acceptors (Lipinski definition) is 5. The highest BCUT2D eigenvalue weighted by Crippen LogP contribution is 2.24. The summed E-state index contributed by atoms with van der Waals surface area (Å²) in [6.07, 6.45) is 19.1. The van der Waals surface area contributed by atoms with E-state index in [1.54, 1.807) is 36.4 Å². The van der Waals surface area contributed by atoms with Gasteiger partial charge in [-0.05, 0) is 79.8 Å². The second-order valence-corrected chi connectivity index (χ2v) is 12.8. The van der Waals surface area contributed by atoms with Gasteiger partial charge < -0.3 is 14.2 Å². The number of benzene rings is 3. The van der Waals surface area contributed by atoms with Crippen LogP contribution >= 0.6 is 0 Å². The second kappa shape index (κ2) is 23.3. The van der Waals surface area contributed by atoms with E-state index < -0.39 is 11.8 Å². The minimum atomic E-state index is -0.743. The standard InChI is InChI=1S/C43H55FO5/c1-4-6-8-10-11-12-13-14-15-16-18-32-47-41-30-20-35(33-40(41)44)21-31-42(45)49-39-28-26-37(27-29-39)36-22-24-38(25-23-36)43(46)48-34(3)19-17-9-7-5-2/h20,22-30,33-34H,4-19,32H2,1-3H3/t34-/m1/s1. The zero-order valence-electron chi connectivity index (χ0n) is 29.9. The normalized spacial score (nSPS) is 11.3. The Balaban J connectivity index is 1.37. The largest absolute Gasteiger partial charge is 0.491 e. The SMILES string of the molecule is CCCCCCCCCCCCCOc1ccc(C#CC(=O)Oc2ccc(-c3ccc(C(=O)O[C@H](C)CCCCCC)cc3)cc2)cc1F. The van der Waals surface area contributed by atoms with Gasteiger partial charge in [0.2, 0.25) is 0 Å². The van der Waals surface area contributed by atoms with E-state index in [9.17, 15) is 14.0 Å². The number of unbranched alkanes of at least 4 members (excludes halogenated alkanes) is 13. The number of carbonyl (C=O) groups excluding carboxylic acids is 2. The fraction of sp³-hybridized carbons (Fsp3) is 0.488. The lowest BCUT2D eigenvalue weighted by atomic mass is 10.0. The third-order valence-electron chi connectivity index (χ3n) is 8.54. The fourth-order valence-corrected chi connectivity index (χ4v) is 5.58. The van der Waals surface area contributed by atoms with Crippen LogP contribution in [0.15, 0.2) is 66.7 Å². The van der Waals surface area contributed by atoms with Crippen LogP contribution in [0.25, 0.3) is 11.1 Å². The van der Waals surface area contributed by atoms with E-state index in [0.29, 0.717) is 23.5 Å². The summed E-state index contributed by atoms with van der Waals surface area (Å²) < 4.78 is 31.1. The molecule has 1 atom stereocenters. The molecular formula is C43H55FO5. The van der Waals surface area contributed by atoms with E-state index in [2.05, 4.69) is 25.7 Å². The number of esters is 2. The molecule has 0 unspecified atom stereocenters. The van der Waals surface area contributed by atoms with Crippen LogP contribution in [-0.2, 0) is 9.53 Å². The first kappa shape index (κ1) is 39.3. The van der Waals surface area contributed by atoms with Gasteiger partial charge in [-0.1, -0.05) is 128 Å². The number of ether oxygens (including phenoxy) is 3. The van der Waals surface area contributed by atoms with Crippen molar-refractivity contribution in [1.82, 2.24) is 0 Å². The van der Waals surface area contributed by atoms with Gasteiger partial charge >= 0.3 is 11.9 Å². The monoisotopic (exact) mass is 670 g/mol. The van der Waals surface area contributed by atoms with Crippen molar-refractivity contribution in [2.45, 2.75) is 130 Å². The van der Waals surface area contributed by atoms with Crippen LogP contribution in [-0.4, -0.2) is 24.6 Å². The molecule has 0 heterocycles. The highest BCUT2D eigenvalue weighted by molar-refractivity contribution is 5.91. The van der Waals surface area contributed by atoms with E-state index in [4.69, 9.17) is 14.2 Å². The quantitative estimate of drug-likeness (QED) is 0.0461. The van der Waals surface area contributed by atoms with E-state index in [1.165, 1.54) is 76.7 Å². The summed E-state index contributed by atoms with van der Waals surface area (Å²) in [5.41, 5.74) is 2.68. The van der Waals surface area contributed by atoms with Crippen molar-refractivity contribution in [2.75, 3.05) is 6.61 Å². The Morgan fingerprint density at radius 3 is 1.84 bits per heavy atom. The molecule has 0 bridgehead atoms. The molecular weight excluding hydrogens is 615 g/mol. The Kier molecular flexibility index (Phi) is 18.7. The van der Waals surface area contributed by atoms with Gasteiger partial charge in [-0.3, -0.25) is 0 Å². The van der Waals surface area contributed by atoms with Crippen LogP contribution in [0.2, 0.25) is 0 Å². The van der Waals surface area contributed by atoms with Crippen molar-refractivity contribution < 1.29 is 28.2 Å². The zero-order chi connectivity index (χ0) is 35.1. The highest BCUT2D eigenvalue weighted by Gasteiger charge is 2.12. The first-order valence-corrected chi connectivity index (χ1v) is 18.5. The molecule has 3 rings (SSSR count). The van der Waals surface area contributed by atoms with Gasteiger partial charge in [-0.2, -0.15) is 0 Å². The van der Waals surface area contributed by atoms with Gasteiger partial charge in [0, 0.05) is 11.5 Å². The van der Waals surface area contributed by atoms with Crippen molar-refractivity contribution >= 4 is 11.9 Å². The third-order valence-corrected chi connectivity index (χ3v) is 8.54. The lowest BCUT2D eigenvalue weighted by molar-refractivity contribution is -0.128. The molecule has 3 aromatic rings. The summed E-state index contributed by atoms with van der Waals surface area (Å²) in [6.45, 7) is 6.83. The van der Waals surface area contributed by atoms with Crippen molar-refractivity contribution in [3.63, 3.8) is 0 Å². The molecule has 0 aliphatic heterocycles. The Hall–Kier alpha value is -4.11. The predicted octanol–water partition coefficient (Wildman–Crippen LogP) is 11.7. The Morgan fingerprint density at radius 1 is 0.694 bits per heavy atom. The number of rotatable bonds is 22. The van der Waals surface area contributed by atoms with Crippen LogP contribution in [0.3, 0.4) is 0 Å². The van der Waals surface area contributed by atoms with Gasteiger partial charge in [-0.25, -0.2) is 14.0 Å². The van der Waals surface area contributed by atoms with Crippen molar-refractivity contribution in [1.29, 1.82) is 0 Å². The van der Waals surface area contributed by atoms with Crippen molar-refractivity contribution in [2.24, 2.45) is 0 Å². The summed E-state index contributed by atoms with van der Waals surface area (Å²) in [5, 5.41) is 0. The lowest BCUT2D eigenvalue weighted by Crippen LogP contribution is -2.15. The molecule has 0 amide bonds. The minimum absolute atomic E-state index is 0.112. The maximum absolute atomic E-state index is 14.6. The van der Waals surface area contributed by atoms with Crippen LogP contribution in [0, 0.1) is 17.7 Å². The van der Waals surface area contributed by atoms with E-state index in [1.807, 2.05) is 31.2 Å². The molecule has 0 fully saturated rings. The maximum Gasteiger partial charge on any atom is 0.390 e. The Labute approximate surface area is 293 Å². The first-order valence-electron chi connectivity index (χ1n) is 18.5. The minimum Gasteiger partial charge on any atom is -0.491 e. The van der Waals surface area contributed by atoms with E-state index in [0.717, 1.165) is 43.2 Å². The van der Waals surface area contributed by atoms with Crippen LogP contribution in [0.5, 0.6) is 11.5 Å². The molecule has 0 N–H and O–H groups in total. The maximum atomic E-state index is 14.6. The molecule has 264 valence electrons. The number of halogens is 1. The topological polar surface area (TPSA) is 61.8 Å². The smallest absolute Gasteiger partial charge is 0.390 e. The molecule has 6 heteroatoms. The van der Waals surface area contributed by atoms with Gasteiger partial charge in [0.1, 0.15) is 5.75 Å². The van der Waals surface area contributed by atoms with Gasteiger partial charge in [-0.15, -0.1) is 0 Å². The highest BCUT2D eigenvalue weighted by atomic mass is 19.1. The van der Waals surface area contributed by atoms with Crippen LogP contribution in [0.1, 0.15) is 139 Å². The summed E-state index contributed by atoms with van der Waals surface area (Å²) in [7, 11) is 0. The lowest BCUT2D eigenvalue weighted by Gasteiger charge is -2.13. The van der Waals surface area contributed by atoms with Crippen molar-refractivity contribution in [3.8, 4) is 34.5 Å². The summed E-state index contributed by atoms with van der Waals surface area (Å²) in [4.78, 5) is 24.9. The molecule has 0 aliphatic rings. The molecule has 0 spiro atoms. The fourth-order valence-electron chi connectivity index (χ4n) is 5.58. The summed E-state index contributed by atoms with van der Waals surface area (Å²) >= 11 is 0. The Morgan fingerprint density at radius 2 is 1.24 bits per heavy atom. The zero-order valence-corrected chi connectivity index (χ0v) is 29.9. The second-order valence-electron chi connectivity index (χ2n) is 12.8. The molecule has 0 saturated heterocycles.